The van der Waals surface area contributed by atoms with Gasteiger partial charge in [0.15, 0.2) is 5.65 Å². The summed E-state index contributed by atoms with van der Waals surface area (Å²) in [5.41, 5.74) is 4.70. The topological polar surface area (TPSA) is 76.7 Å². The van der Waals surface area contributed by atoms with Gasteiger partial charge in [-0.2, -0.15) is 5.10 Å². The van der Waals surface area contributed by atoms with Crippen LogP contribution in [-0.4, -0.2) is 38.4 Å². The number of hydrogen-bond acceptors (Lipinski definition) is 5. The molecule has 2 heterocycles. The first-order valence-electron chi connectivity index (χ1n) is 9.90. The lowest BCUT2D eigenvalue weighted by Crippen LogP contribution is -2.11. The van der Waals surface area contributed by atoms with Crippen LogP contribution in [0, 0.1) is 13.8 Å². The third kappa shape index (κ3) is 7.54. The first kappa shape index (κ1) is 25.8. The zero-order chi connectivity index (χ0) is 23.1. The summed E-state index contributed by atoms with van der Waals surface area (Å²) in [6.45, 7) is 13.1. The van der Waals surface area contributed by atoms with Gasteiger partial charge in [0.25, 0.3) is 0 Å². The molecule has 30 heavy (non-hydrogen) atoms. The summed E-state index contributed by atoms with van der Waals surface area (Å²) >= 11 is 3.47. The molecule has 0 aliphatic carbocycles. The lowest BCUT2D eigenvalue weighted by molar-refractivity contribution is -0.139. The quantitative estimate of drug-likeness (QED) is 0.518. The van der Waals surface area contributed by atoms with E-state index < -0.39 is 5.60 Å². The van der Waals surface area contributed by atoms with E-state index in [4.69, 9.17) is 9.84 Å². The van der Waals surface area contributed by atoms with Crippen molar-refractivity contribution in [3.63, 3.8) is 0 Å². The Morgan fingerprint density at radius 3 is 2.33 bits per heavy atom. The van der Waals surface area contributed by atoms with E-state index in [0.29, 0.717) is 0 Å². The fraction of sp³-hybridized carbons (Fsp3) is 0.435. The minimum atomic E-state index is -0.500. The van der Waals surface area contributed by atoms with Crippen LogP contribution in [0.4, 0.5) is 0 Å². The van der Waals surface area contributed by atoms with E-state index in [-0.39, 0.29) is 12.4 Å². The maximum Gasteiger partial charge on any atom is 0.310 e. The Balaban J connectivity index is 0.000000565. The molecule has 2 aromatic heterocycles. The van der Waals surface area contributed by atoms with Crippen LogP contribution in [0.1, 0.15) is 51.6 Å². The predicted octanol–water partition coefficient (Wildman–Crippen LogP) is 5.29. The largest absolute Gasteiger partial charge is 0.469 e. The number of aliphatic hydroxyl groups is 1. The standard InChI is InChI=1S/C17H16BrN3O2.C4H10O.C2H6/c1-10-14(8-17(22)23-3)11(2)21-16(19-10)9-15(20-21)12-5-4-6-13(18)7-12;1-4(2,3)5;1-2/h4-7,9H,8H2,1-3H3;5H,1-3H3;1-2H3. The van der Waals surface area contributed by atoms with Crippen molar-refractivity contribution >= 4 is 27.5 Å². The Morgan fingerprint density at radius 1 is 1.20 bits per heavy atom. The minimum Gasteiger partial charge on any atom is -0.469 e. The molecule has 0 atom stereocenters. The Morgan fingerprint density at radius 2 is 1.80 bits per heavy atom. The summed E-state index contributed by atoms with van der Waals surface area (Å²) in [7, 11) is 1.39. The minimum absolute atomic E-state index is 0.198. The number of benzene rings is 1. The normalized spacial score (nSPS) is 10.6. The van der Waals surface area contributed by atoms with Gasteiger partial charge in [0.05, 0.1) is 24.8 Å². The van der Waals surface area contributed by atoms with Crippen LogP contribution in [0.3, 0.4) is 0 Å². The van der Waals surface area contributed by atoms with E-state index in [2.05, 4.69) is 26.0 Å². The number of carbonyl (C=O) groups excluding carboxylic acids is 1. The maximum absolute atomic E-state index is 11.6. The number of esters is 1. The maximum atomic E-state index is 11.6. The number of halogens is 1. The Hall–Kier alpha value is -2.25. The van der Waals surface area contributed by atoms with E-state index in [1.165, 1.54) is 7.11 Å². The molecule has 164 valence electrons. The van der Waals surface area contributed by atoms with Gasteiger partial charge < -0.3 is 9.84 Å². The van der Waals surface area contributed by atoms with Gasteiger partial charge in [-0.25, -0.2) is 9.50 Å². The molecule has 0 aliphatic heterocycles. The van der Waals surface area contributed by atoms with Crippen LogP contribution in [0.25, 0.3) is 16.9 Å². The second-order valence-electron chi connectivity index (χ2n) is 7.49. The number of fused-ring (bicyclic) bond motifs is 1. The molecular formula is C23H32BrN3O3. The highest BCUT2D eigenvalue weighted by Gasteiger charge is 2.15. The molecule has 6 nitrogen and oxygen atoms in total. The van der Waals surface area contributed by atoms with Gasteiger partial charge in [-0.1, -0.05) is 41.9 Å². The number of ether oxygens (including phenoxy) is 1. The van der Waals surface area contributed by atoms with Crippen molar-refractivity contribution in [1.82, 2.24) is 14.6 Å². The van der Waals surface area contributed by atoms with Crippen molar-refractivity contribution in [2.45, 2.75) is 60.5 Å². The average Bonchev–Trinajstić information content (AvgIpc) is 3.09. The second-order valence-corrected chi connectivity index (χ2v) is 8.41. The van der Waals surface area contributed by atoms with Crippen molar-refractivity contribution in [2.24, 2.45) is 0 Å². The SMILES string of the molecule is CC.CC(C)(C)O.COC(=O)Cc1c(C)nc2cc(-c3cccc(Br)c3)nn2c1C. The molecule has 0 saturated heterocycles. The molecule has 0 unspecified atom stereocenters. The van der Waals surface area contributed by atoms with Crippen LogP contribution in [0.15, 0.2) is 34.8 Å². The van der Waals surface area contributed by atoms with Gasteiger partial charge >= 0.3 is 5.97 Å². The smallest absolute Gasteiger partial charge is 0.310 e. The Bertz CT molecular complexity index is 985. The van der Waals surface area contributed by atoms with Crippen molar-refractivity contribution in [1.29, 1.82) is 0 Å². The van der Waals surface area contributed by atoms with Gasteiger partial charge in [-0.15, -0.1) is 0 Å². The fourth-order valence-electron chi connectivity index (χ4n) is 2.59. The van der Waals surface area contributed by atoms with Crippen molar-refractivity contribution in [3.05, 3.63) is 51.8 Å². The van der Waals surface area contributed by atoms with Crippen LogP contribution < -0.4 is 0 Å². The zero-order valence-corrected chi connectivity index (χ0v) is 20.7. The number of nitrogens with zero attached hydrogens (tertiary/aromatic N) is 3. The monoisotopic (exact) mass is 477 g/mol. The number of rotatable bonds is 3. The molecule has 0 bridgehead atoms. The van der Waals surface area contributed by atoms with Gasteiger partial charge in [-0.3, -0.25) is 4.79 Å². The predicted molar refractivity (Wildman–Crippen MR) is 125 cm³/mol. The fourth-order valence-corrected chi connectivity index (χ4v) is 2.99. The molecule has 0 fully saturated rings. The molecule has 7 heteroatoms. The molecule has 0 spiro atoms. The van der Waals surface area contributed by atoms with Crippen molar-refractivity contribution in [2.75, 3.05) is 7.11 Å². The van der Waals surface area contributed by atoms with Gasteiger partial charge in [-0.05, 0) is 46.8 Å². The summed E-state index contributed by atoms with van der Waals surface area (Å²) in [6.07, 6.45) is 0.198. The molecule has 0 aliphatic rings. The highest BCUT2D eigenvalue weighted by Crippen LogP contribution is 2.24. The summed E-state index contributed by atoms with van der Waals surface area (Å²) in [5, 5.41) is 13.2. The van der Waals surface area contributed by atoms with Crippen molar-refractivity contribution < 1.29 is 14.6 Å². The van der Waals surface area contributed by atoms with Crippen molar-refractivity contribution in [3.8, 4) is 11.3 Å². The molecular weight excluding hydrogens is 446 g/mol. The van der Waals surface area contributed by atoms with Crippen LogP contribution in [0.5, 0.6) is 0 Å². The Labute approximate surface area is 187 Å². The van der Waals surface area contributed by atoms with Gasteiger partial charge in [0, 0.05) is 33.1 Å². The second kappa shape index (κ2) is 11.2. The highest BCUT2D eigenvalue weighted by atomic mass is 79.9. The van der Waals surface area contributed by atoms with E-state index in [1.807, 2.05) is 58.0 Å². The van der Waals surface area contributed by atoms with E-state index >= 15 is 0 Å². The van der Waals surface area contributed by atoms with E-state index in [1.54, 1.807) is 25.3 Å². The summed E-state index contributed by atoms with van der Waals surface area (Å²) < 4.78 is 7.54. The number of aromatic nitrogens is 3. The lowest BCUT2D eigenvalue weighted by Gasteiger charge is -2.09. The van der Waals surface area contributed by atoms with Gasteiger partial charge in [0.2, 0.25) is 0 Å². The molecule has 3 aromatic rings. The number of methoxy groups -OCH3 is 1. The average molecular weight is 478 g/mol. The molecule has 0 radical (unpaired) electrons. The third-order valence-electron chi connectivity index (χ3n) is 3.83. The molecule has 0 amide bonds. The summed E-state index contributed by atoms with van der Waals surface area (Å²) in [5.74, 6) is -0.281. The molecule has 0 saturated carbocycles. The van der Waals surface area contributed by atoms with E-state index in [0.717, 1.165) is 38.3 Å². The first-order chi connectivity index (χ1) is 14.0. The van der Waals surface area contributed by atoms with Crippen LogP contribution in [0.2, 0.25) is 0 Å². The number of aryl methyl sites for hydroxylation is 2. The molecule has 1 aromatic carbocycles. The third-order valence-corrected chi connectivity index (χ3v) is 4.33. The van der Waals surface area contributed by atoms with Crippen LogP contribution in [-0.2, 0) is 16.0 Å². The number of carbonyl (C=O) groups is 1. The number of hydrogen-bond donors (Lipinski definition) is 1. The molecule has 1 N–H and O–H groups in total. The zero-order valence-electron chi connectivity index (χ0n) is 19.1. The van der Waals surface area contributed by atoms with Crippen LogP contribution >= 0.6 is 15.9 Å². The molecule has 3 rings (SSSR count). The van der Waals surface area contributed by atoms with Gasteiger partial charge in [0.1, 0.15) is 0 Å². The first-order valence-corrected chi connectivity index (χ1v) is 10.7. The lowest BCUT2D eigenvalue weighted by atomic mass is 10.1. The summed E-state index contributed by atoms with van der Waals surface area (Å²) in [4.78, 5) is 16.2. The highest BCUT2D eigenvalue weighted by molar-refractivity contribution is 9.10. The Kier molecular flexibility index (Phi) is 9.65. The van der Waals surface area contributed by atoms with E-state index in [9.17, 15) is 4.79 Å². The summed E-state index contributed by atoms with van der Waals surface area (Å²) in [6, 6.07) is 9.91.